The monoisotopic (exact) mass is 394 g/mol. The largest absolute Gasteiger partial charge is 0.271 e. The first-order valence-electron chi connectivity index (χ1n) is 5.12. The number of nitrogens with two attached hydrogens (primary N) is 1. The Balaban J connectivity index is 2.04. The maximum atomic E-state index is 5.64. The number of hydrogen-bond acceptors (Lipinski definition) is 4. The van der Waals surface area contributed by atoms with Crippen molar-refractivity contribution in [1.29, 1.82) is 0 Å². The Morgan fingerprint density at radius 2 is 2.24 bits per heavy atom. The molecular weight excluding hydrogens is 384 g/mol. The summed E-state index contributed by atoms with van der Waals surface area (Å²) >= 11 is 10.5. The van der Waals surface area contributed by atoms with E-state index in [4.69, 9.17) is 5.84 Å². The molecule has 0 spiro atoms. The number of nitrogens with one attached hydrogen (secondary N) is 1. The first kappa shape index (κ1) is 13.7. The van der Waals surface area contributed by atoms with Gasteiger partial charge in [0, 0.05) is 6.04 Å². The Kier molecular flexibility index (Phi) is 5.20. The zero-order chi connectivity index (χ0) is 12.3. The molecule has 0 bridgehead atoms. The van der Waals surface area contributed by atoms with Crippen LogP contribution < -0.4 is 11.3 Å². The van der Waals surface area contributed by atoms with Gasteiger partial charge in [-0.2, -0.15) is 11.3 Å². The molecule has 2 heterocycles. The summed E-state index contributed by atoms with van der Waals surface area (Å²) < 4.78 is 2.26. The van der Waals surface area contributed by atoms with Gasteiger partial charge in [0.15, 0.2) is 0 Å². The molecule has 2 aromatic heterocycles. The Morgan fingerprint density at radius 1 is 1.41 bits per heavy atom. The molecule has 0 aromatic carbocycles. The average Bonchev–Trinajstić information content (AvgIpc) is 2.90. The van der Waals surface area contributed by atoms with Crippen LogP contribution in [0.1, 0.15) is 23.6 Å². The summed E-state index contributed by atoms with van der Waals surface area (Å²) in [6.07, 6.45) is 2.03. The molecule has 0 saturated carbocycles. The highest BCUT2D eigenvalue weighted by molar-refractivity contribution is 9.12. The van der Waals surface area contributed by atoms with Crippen LogP contribution >= 0.6 is 54.5 Å². The molecular formula is C11H12Br2N2S2. The van der Waals surface area contributed by atoms with Gasteiger partial charge in [0.1, 0.15) is 0 Å². The molecule has 0 radical (unpaired) electrons. The van der Waals surface area contributed by atoms with E-state index in [2.05, 4.69) is 60.2 Å². The number of aryl methyl sites for hydroxylation is 1. The molecule has 0 aliphatic carbocycles. The minimum atomic E-state index is 0.187. The normalized spacial score (nSPS) is 12.9. The third-order valence-electron chi connectivity index (χ3n) is 2.56. The Morgan fingerprint density at radius 3 is 2.76 bits per heavy atom. The van der Waals surface area contributed by atoms with Crippen LogP contribution in [0.2, 0.25) is 0 Å². The van der Waals surface area contributed by atoms with Gasteiger partial charge < -0.3 is 0 Å². The second kappa shape index (κ2) is 6.45. The van der Waals surface area contributed by atoms with Crippen molar-refractivity contribution in [3.05, 3.63) is 41.6 Å². The molecule has 2 nitrogen and oxygen atoms in total. The summed E-state index contributed by atoms with van der Waals surface area (Å²) in [4.78, 5) is 0. The van der Waals surface area contributed by atoms with Crippen LogP contribution in [-0.2, 0) is 6.42 Å². The lowest BCUT2D eigenvalue weighted by Gasteiger charge is -2.14. The molecule has 0 amide bonds. The van der Waals surface area contributed by atoms with Crippen LogP contribution in [0.4, 0.5) is 0 Å². The SMILES string of the molecule is NNC(CCc1ccsc1)c1cc(Br)sc1Br. The van der Waals surface area contributed by atoms with Crippen molar-refractivity contribution in [3.8, 4) is 0 Å². The number of rotatable bonds is 5. The van der Waals surface area contributed by atoms with Crippen molar-refractivity contribution in [2.24, 2.45) is 5.84 Å². The average molecular weight is 396 g/mol. The summed E-state index contributed by atoms with van der Waals surface area (Å²) in [5.41, 5.74) is 5.49. The van der Waals surface area contributed by atoms with Crippen molar-refractivity contribution in [1.82, 2.24) is 5.43 Å². The van der Waals surface area contributed by atoms with Gasteiger partial charge in [-0.25, -0.2) is 0 Å². The van der Waals surface area contributed by atoms with Crippen LogP contribution in [0.5, 0.6) is 0 Å². The summed E-state index contributed by atoms with van der Waals surface area (Å²) in [5, 5.41) is 4.30. The van der Waals surface area contributed by atoms with Crippen molar-refractivity contribution >= 4 is 54.5 Å². The van der Waals surface area contributed by atoms with Crippen LogP contribution in [0.3, 0.4) is 0 Å². The molecule has 17 heavy (non-hydrogen) atoms. The number of thiophene rings is 2. The minimum Gasteiger partial charge on any atom is -0.271 e. The fraction of sp³-hybridized carbons (Fsp3) is 0.273. The van der Waals surface area contributed by atoms with Gasteiger partial charge in [-0.3, -0.25) is 11.3 Å². The van der Waals surface area contributed by atoms with E-state index in [1.807, 2.05) is 0 Å². The van der Waals surface area contributed by atoms with Crippen molar-refractivity contribution in [2.75, 3.05) is 0 Å². The third-order valence-corrected chi connectivity index (χ3v) is 5.68. The first-order chi connectivity index (χ1) is 8.20. The Hall–Kier alpha value is 0.280. The maximum absolute atomic E-state index is 5.64. The molecule has 0 fully saturated rings. The van der Waals surface area contributed by atoms with E-state index >= 15 is 0 Å². The van der Waals surface area contributed by atoms with Gasteiger partial charge in [-0.05, 0) is 78.7 Å². The summed E-state index contributed by atoms with van der Waals surface area (Å²) in [6, 6.07) is 4.47. The number of halogens is 2. The van der Waals surface area contributed by atoms with Gasteiger partial charge >= 0.3 is 0 Å². The highest BCUT2D eigenvalue weighted by Gasteiger charge is 2.15. The highest BCUT2D eigenvalue weighted by Crippen LogP contribution is 2.36. The van der Waals surface area contributed by atoms with Gasteiger partial charge in [-0.15, -0.1) is 11.3 Å². The second-order valence-corrected chi connectivity index (χ2v) is 8.20. The van der Waals surface area contributed by atoms with Crippen molar-refractivity contribution < 1.29 is 0 Å². The lowest BCUT2D eigenvalue weighted by atomic mass is 10.0. The van der Waals surface area contributed by atoms with E-state index in [0.717, 1.165) is 20.4 Å². The predicted octanol–water partition coefficient (Wildman–Crippen LogP) is 4.47. The first-order valence-corrected chi connectivity index (χ1v) is 8.47. The Labute approximate surface area is 125 Å². The topological polar surface area (TPSA) is 38.0 Å². The van der Waals surface area contributed by atoms with Gasteiger partial charge in [0.25, 0.3) is 0 Å². The maximum Gasteiger partial charge on any atom is 0.0758 e. The minimum absolute atomic E-state index is 0.187. The summed E-state index contributed by atoms with van der Waals surface area (Å²) in [5.74, 6) is 5.64. The molecule has 0 saturated heterocycles. The molecule has 1 unspecified atom stereocenters. The fourth-order valence-electron chi connectivity index (χ4n) is 1.67. The zero-order valence-corrected chi connectivity index (χ0v) is 13.8. The summed E-state index contributed by atoms with van der Waals surface area (Å²) in [7, 11) is 0. The molecule has 6 heteroatoms. The van der Waals surface area contributed by atoms with Crippen LogP contribution in [-0.4, -0.2) is 0 Å². The number of hydrazine groups is 1. The van der Waals surface area contributed by atoms with Crippen molar-refractivity contribution in [2.45, 2.75) is 18.9 Å². The van der Waals surface area contributed by atoms with Crippen molar-refractivity contribution in [3.63, 3.8) is 0 Å². The smallest absolute Gasteiger partial charge is 0.0758 e. The molecule has 1 atom stereocenters. The lowest BCUT2D eigenvalue weighted by Crippen LogP contribution is -2.28. The van der Waals surface area contributed by atoms with Crippen LogP contribution in [0.25, 0.3) is 0 Å². The van der Waals surface area contributed by atoms with E-state index in [1.54, 1.807) is 22.7 Å². The fourth-order valence-corrected chi connectivity index (χ4v) is 5.34. The molecule has 3 N–H and O–H groups in total. The van der Waals surface area contributed by atoms with E-state index in [0.29, 0.717) is 0 Å². The molecule has 2 aromatic rings. The van der Waals surface area contributed by atoms with Gasteiger partial charge in [0.2, 0.25) is 0 Å². The number of hydrogen-bond donors (Lipinski definition) is 2. The van der Waals surface area contributed by atoms with E-state index in [1.165, 1.54) is 11.1 Å². The molecule has 0 aliphatic rings. The zero-order valence-electron chi connectivity index (χ0n) is 8.95. The van der Waals surface area contributed by atoms with Crippen LogP contribution in [0.15, 0.2) is 30.5 Å². The quantitative estimate of drug-likeness (QED) is 0.578. The van der Waals surface area contributed by atoms with Gasteiger partial charge in [0.05, 0.1) is 7.57 Å². The molecule has 2 rings (SSSR count). The Bertz CT molecular complexity index is 468. The van der Waals surface area contributed by atoms with Gasteiger partial charge in [-0.1, -0.05) is 0 Å². The standard InChI is InChI=1S/C11H12Br2N2S2/c12-10-5-8(11(13)17-10)9(15-14)2-1-7-3-4-16-6-7/h3-6,9,15H,1-2,14H2. The van der Waals surface area contributed by atoms with Crippen LogP contribution in [0, 0.1) is 0 Å². The summed E-state index contributed by atoms with van der Waals surface area (Å²) in [6.45, 7) is 0. The van der Waals surface area contributed by atoms with E-state index in [9.17, 15) is 0 Å². The third kappa shape index (κ3) is 3.62. The van der Waals surface area contributed by atoms with E-state index < -0.39 is 0 Å². The van der Waals surface area contributed by atoms with E-state index in [-0.39, 0.29) is 6.04 Å². The highest BCUT2D eigenvalue weighted by atomic mass is 79.9. The predicted molar refractivity (Wildman–Crippen MR) is 82.4 cm³/mol. The lowest BCUT2D eigenvalue weighted by molar-refractivity contribution is 0.516. The second-order valence-electron chi connectivity index (χ2n) is 3.67. The molecule has 0 aliphatic heterocycles. The molecule has 92 valence electrons.